The molecule has 4 radical (unpaired) electrons. The molecule has 8 heterocycles. The smallest absolute Gasteiger partial charge is 0.0280 e. The van der Waals surface area contributed by atoms with Crippen molar-refractivity contribution in [2.24, 2.45) is 0 Å². The zero-order chi connectivity index (χ0) is 100. The van der Waals surface area contributed by atoms with E-state index in [1.54, 1.807) is 30.6 Å². The van der Waals surface area contributed by atoms with E-state index in [1.165, 1.54) is 116 Å². The average Bonchev–Trinajstić information content (AvgIpc) is 0.798. The summed E-state index contributed by atoms with van der Waals surface area (Å²) in [5, 5.41) is 10.1. The normalized spacial score (nSPS) is 10.6. The van der Waals surface area contributed by atoms with Gasteiger partial charge in [0.2, 0.25) is 0 Å². The van der Waals surface area contributed by atoms with Crippen LogP contribution in [0.15, 0.2) is 498 Å². The summed E-state index contributed by atoms with van der Waals surface area (Å²) in [7, 11) is 0. The summed E-state index contributed by atoms with van der Waals surface area (Å²) in [6.45, 7) is 8.53. The predicted molar refractivity (Wildman–Crippen MR) is 593 cm³/mol. The van der Waals surface area contributed by atoms with E-state index in [0.29, 0.717) is 0 Å². The first-order valence-corrected chi connectivity index (χ1v) is 47.5. The minimum Gasteiger partial charge on any atom is -0.305 e. The molecule has 726 valence electrons. The molecular formula is C135H102Ir4N8-8. The van der Waals surface area contributed by atoms with Crippen LogP contribution in [0.5, 0.6) is 0 Å². The second kappa shape index (κ2) is 56.0. The van der Waals surface area contributed by atoms with Crippen molar-refractivity contribution >= 4 is 43.1 Å². The van der Waals surface area contributed by atoms with E-state index in [4.69, 9.17) is 9.10 Å². The van der Waals surface area contributed by atoms with Gasteiger partial charge in [-0.15, -0.1) is 287 Å². The fourth-order valence-electron chi connectivity index (χ4n) is 16.7. The number of fused-ring (bicyclic) bond motifs is 4. The Balaban J connectivity index is 0.000000144. The Kier molecular flexibility index (Phi) is 39.7. The van der Waals surface area contributed by atoms with Crippen molar-refractivity contribution in [3.05, 3.63) is 580 Å². The number of pyridine rings is 8. The molecule has 0 fully saturated rings. The van der Waals surface area contributed by atoms with Crippen molar-refractivity contribution in [3.63, 3.8) is 0 Å². The Morgan fingerprint density at radius 1 is 0.211 bits per heavy atom. The molecule has 0 N–H and O–H groups in total. The number of aromatic nitrogens is 8. The molecule has 0 unspecified atom stereocenters. The topological polar surface area (TPSA) is 103 Å². The predicted octanol–water partition coefficient (Wildman–Crippen LogP) is 33.8. The fraction of sp³-hybridized carbons (Fsp3) is 0.0519. The molecule has 24 aromatic rings. The third kappa shape index (κ3) is 29.4. The fourth-order valence-corrected chi connectivity index (χ4v) is 16.7. The van der Waals surface area contributed by atoms with Gasteiger partial charge in [-0.1, -0.05) is 250 Å². The first kappa shape index (κ1) is 104. The van der Waals surface area contributed by atoms with Gasteiger partial charge in [-0.05, 0) is 198 Å². The van der Waals surface area contributed by atoms with Crippen molar-refractivity contribution in [2.45, 2.75) is 47.9 Å². The Morgan fingerprint density at radius 3 is 0.735 bits per heavy atom. The Morgan fingerprint density at radius 2 is 0.463 bits per heavy atom. The second-order valence-electron chi connectivity index (χ2n) is 33.6. The van der Waals surface area contributed by atoms with Crippen LogP contribution in [-0.4, -0.2) is 39.9 Å². The standard InChI is InChI=1S/C23H18N.3C22H16N.2C12H10N.2C11H8N.4Ir/c1-2-17-15-23(19-10-4-3-5-11-19)24-16-22(17)21-14-8-12-18-9-6-7-13-20(18)21;3*1-16-14-22(18-9-3-2-4-10-18)23-15-21(16)20-13-7-11-17-8-5-6-12-19(17)20;1-10-6-5-9-12(13-10)11-7-3-2-4-8-11;1-10-7-8-12(13-9-10)11-5-3-2-4-6-11;2*1-2-6-10(7-3-1)11-8-4-5-9-12-11;;;;/h3-10,12-16H,2H2,1H3;3*2-9,11-15H,1H3;2-7,9H,1H3;2-5,7-9H,1H3;2*1-6,8-9H;;;;/q8*-1;;;;/i;;;;;1D3;;;;;;. The van der Waals surface area contributed by atoms with E-state index >= 15 is 0 Å². The third-order valence-corrected chi connectivity index (χ3v) is 23.9. The van der Waals surface area contributed by atoms with E-state index in [0.717, 1.165) is 102 Å². The van der Waals surface area contributed by atoms with Gasteiger partial charge in [-0.2, -0.15) is 0 Å². The van der Waals surface area contributed by atoms with Crippen LogP contribution in [0.2, 0.25) is 0 Å². The van der Waals surface area contributed by atoms with E-state index in [-0.39, 0.29) is 86.0 Å². The third-order valence-electron chi connectivity index (χ3n) is 23.9. The second-order valence-corrected chi connectivity index (χ2v) is 33.6. The first-order chi connectivity index (χ1) is 71.7. The van der Waals surface area contributed by atoms with Crippen LogP contribution in [0.4, 0.5) is 0 Å². The molecule has 147 heavy (non-hydrogen) atoms. The zero-order valence-electron chi connectivity index (χ0n) is 84.5. The van der Waals surface area contributed by atoms with Gasteiger partial charge in [0.05, 0.1) is 0 Å². The van der Waals surface area contributed by atoms with Gasteiger partial charge in [0.15, 0.2) is 0 Å². The van der Waals surface area contributed by atoms with Crippen LogP contribution in [0, 0.1) is 83.1 Å². The molecule has 0 saturated heterocycles. The Labute approximate surface area is 922 Å². The summed E-state index contributed by atoms with van der Waals surface area (Å²) in [5.74, 6) is 0. The summed E-state index contributed by atoms with van der Waals surface area (Å²) in [5.41, 5.74) is 31.6. The van der Waals surface area contributed by atoms with Gasteiger partial charge >= 0.3 is 0 Å². The summed E-state index contributed by atoms with van der Waals surface area (Å²) < 4.78 is 21.7. The average molecular weight is 2610 g/mol. The van der Waals surface area contributed by atoms with E-state index < -0.39 is 6.85 Å². The molecule has 0 spiro atoms. The summed E-state index contributed by atoms with van der Waals surface area (Å²) in [6.07, 6.45) is 13.9. The number of rotatable bonds is 13. The van der Waals surface area contributed by atoms with Gasteiger partial charge in [-0.3, -0.25) is 0 Å². The molecule has 0 amide bonds. The Hall–Kier alpha value is -15.6. The summed E-state index contributed by atoms with van der Waals surface area (Å²) >= 11 is 0. The van der Waals surface area contributed by atoms with Crippen LogP contribution >= 0.6 is 0 Å². The minimum atomic E-state index is -2.09. The minimum absolute atomic E-state index is 0. The number of hydrogen-bond acceptors (Lipinski definition) is 8. The van der Waals surface area contributed by atoms with Gasteiger partial charge in [0, 0.05) is 156 Å². The maximum atomic E-state index is 7.23. The van der Waals surface area contributed by atoms with E-state index in [1.807, 2.05) is 268 Å². The maximum absolute atomic E-state index is 7.23. The van der Waals surface area contributed by atoms with E-state index in [9.17, 15) is 0 Å². The molecule has 24 rings (SSSR count). The molecule has 0 aliphatic rings. The van der Waals surface area contributed by atoms with Crippen molar-refractivity contribution in [3.8, 4) is 135 Å². The molecule has 16 aromatic carbocycles. The molecule has 0 saturated carbocycles. The van der Waals surface area contributed by atoms with Crippen LogP contribution in [0.25, 0.3) is 178 Å². The summed E-state index contributed by atoms with van der Waals surface area (Å²) in [6, 6.07) is 178. The number of benzene rings is 16. The molecule has 0 aliphatic heterocycles. The van der Waals surface area contributed by atoms with Crippen molar-refractivity contribution in [2.75, 3.05) is 0 Å². The number of hydrogen-bond donors (Lipinski definition) is 0. The zero-order valence-corrected chi connectivity index (χ0v) is 91.0. The number of nitrogens with zero attached hydrogens (tertiary/aromatic N) is 8. The van der Waals surface area contributed by atoms with Crippen molar-refractivity contribution < 1.29 is 84.5 Å². The molecule has 0 aliphatic carbocycles. The van der Waals surface area contributed by atoms with Gasteiger partial charge in [0.1, 0.15) is 0 Å². The monoisotopic (exact) mass is 2610 g/mol. The van der Waals surface area contributed by atoms with Gasteiger partial charge in [-0.25, -0.2) is 0 Å². The van der Waals surface area contributed by atoms with Crippen LogP contribution in [-0.2, 0) is 86.8 Å². The van der Waals surface area contributed by atoms with Gasteiger partial charge in [0.25, 0.3) is 0 Å². The van der Waals surface area contributed by atoms with Crippen molar-refractivity contribution in [1.29, 1.82) is 0 Å². The summed E-state index contributed by atoms with van der Waals surface area (Å²) in [4.78, 5) is 35.7. The molecule has 8 nitrogen and oxygen atoms in total. The van der Waals surface area contributed by atoms with Gasteiger partial charge < -0.3 is 39.9 Å². The maximum Gasteiger partial charge on any atom is 0.0280 e. The van der Waals surface area contributed by atoms with Crippen LogP contribution in [0.3, 0.4) is 0 Å². The molecular weight excluding hydrogens is 2500 g/mol. The molecule has 8 aromatic heterocycles. The van der Waals surface area contributed by atoms with Crippen LogP contribution < -0.4 is 0 Å². The van der Waals surface area contributed by atoms with E-state index in [2.05, 4.69) is 311 Å². The first-order valence-electron chi connectivity index (χ1n) is 49.0. The Bertz CT molecular complexity index is 7770. The molecule has 0 bridgehead atoms. The molecule has 12 heteroatoms. The largest absolute Gasteiger partial charge is 0.305 e. The van der Waals surface area contributed by atoms with Crippen molar-refractivity contribution in [1.82, 2.24) is 39.9 Å². The molecule has 0 atom stereocenters. The number of aryl methyl sites for hydroxylation is 6. The quantitative estimate of drug-likeness (QED) is 0.105. The SMILES string of the molecule is CCc1cc(-c2[c-]cccc2)ncc1-c1cccc2ccccc12.Cc1cc(-c2[c-]cccc2)ncc1-c1cccc2ccccc12.Cc1cc(-c2[c-]cccc2)ncc1-c1cccc2ccccc12.Cc1cc(-c2[c-]cccc2)ncc1-c1cccc2ccccc12.Cc1cccc(-c2[c-]cccc2)n1.[2H]C([2H])([2H])c1ccc(-c2[c-]cccc2)nc1.[Ir].[Ir].[Ir].[Ir].[c-]1ccccc1-c1ccccn1.[c-]1ccccc1-c1ccccn1. The van der Waals surface area contributed by atoms with Crippen LogP contribution in [0.1, 0.15) is 44.5 Å².